The van der Waals surface area contributed by atoms with E-state index in [1.807, 2.05) is 11.7 Å². The number of fused-ring (bicyclic) bond motifs is 2. The van der Waals surface area contributed by atoms with Crippen LogP contribution in [0.15, 0.2) is 4.47 Å². The van der Waals surface area contributed by atoms with E-state index in [2.05, 4.69) is 45.2 Å². The third-order valence-electron chi connectivity index (χ3n) is 4.73. The van der Waals surface area contributed by atoms with Crippen molar-refractivity contribution in [2.75, 3.05) is 7.05 Å². The third kappa shape index (κ3) is 3.06. The minimum absolute atomic E-state index is 0. The van der Waals surface area contributed by atoms with Crippen molar-refractivity contribution >= 4 is 28.3 Å². The normalized spacial score (nSPS) is 28.8. The molecular weight excluding hydrogens is 340 g/mol. The third-order valence-corrected chi connectivity index (χ3v) is 5.76. The van der Waals surface area contributed by atoms with Crippen molar-refractivity contribution in [3.63, 3.8) is 0 Å². The molecule has 20 heavy (non-hydrogen) atoms. The SMILES string of the molecule is Cc1nn(C)c(CN(C)C2CC3CCC(C2)N3)c1Br.Cl. The number of hydrogen-bond donors (Lipinski definition) is 1. The van der Waals surface area contributed by atoms with Crippen LogP contribution in [-0.4, -0.2) is 39.9 Å². The Bertz CT molecular complexity index is 464. The van der Waals surface area contributed by atoms with Crippen LogP contribution in [0.5, 0.6) is 0 Å². The Morgan fingerprint density at radius 2 is 1.95 bits per heavy atom. The molecule has 2 aliphatic rings. The van der Waals surface area contributed by atoms with Gasteiger partial charge in [0.2, 0.25) is 0 Å². The summed E-state index contributed by atoms with van der Waals surface area (Å²) in [5.74, 6) is 0. The van der Waals surface area contributed by atoms with Gasteiger partial charge in [0.25, 0.3) is 0 Å². The van der Waals surface area contributed by atoms with Crippen molar-refractivity contribution < 1.29 is 0 Å². The average Bonchev–Trinajstić information content (AvgIpc) is 2.83. The van der Waals surface area contributed by atoms with Gasteiger partial charge in [-0.1, -0.05) is 0 Å². The molecule has 2 aliphatic heterocycles. The standard InChI is InChI=1S/C14H23BrN4.ClH/c1-9-14(15)13(19(3)17-9)8-18(2)12-6-10-4-5-11(7-12)16-10;/h10-12,16H,4-8H2,1-3H3;1H. The predicted molar refractivity (Wildman–Crippen MR) is 87.3 cm³/mol. The first-order chi connectivity index (χ1) is 9.04. The Labute approximate surface area is 135 Å². The van der Waals surface area contributed by atoms with Crippen LogP contribution < -0.4 is 5.32 Å². The van der Waals surface area contributed by atoms with Gasteiger partial charge in [-0.25, -0.2) is 0 Å². The van der Waals surface area contributed by atoms with Crippen LogP contribution in [0, 0.1) is 6.92 Å². The van der Waals surface area contributed by atoms with Crippen LogP contribution in [-0.2, 0) is 13.6 Å². The van der Waals surface area contributed by atoms with E-state index in [9.17, 15) is 0 Å². The average molecular weight is 364 g/mol. The highest BCUT2D eigenvalue weighted by atomic mass is 79.9. The Balaban J connectivity index is 0.00000147. The van der Waals surface area contributed by atoms with E-state index in [-0.39, 0.29) is 12.4 Å². The molecule has 1 aromatic heterocycles. The number of rotatable bonds is 3. The summed E-state index contributed by atoms with van der Waals surface area (Å²) in [6.07, 6.45) is 5.32. The number of piperidine rings is 1. The molecule has 6 heteroatoms. The van der Waals surface area contributed by atoms with Crippen LogP contribution in [0.4, 0.5) is 0 Å². The molecule has 0 aliphatic carbocycles. The quantitative estimate of drug-likeness (QED) is 0.896. The van der Waals surface area contributed by atoms with Gasteiger partial charge in [0, 0.05) is 31.7 Å². The van der Waals surface area contributed by atoms with Crippen LogP contribution in [0.3, 0.4) is 0 Å². The van der Waals surface area contributed by atoms with Crippen LogP contribution in [0.1, 0.15) is 37.1 Å². The van der Waals surface area contributed by atoms with Gasteiger partial charge in [-0.15, -0.1) is 12.4 Å². The van der Waals surface area contributed by atoms with Crippen molar-refractivity contribution in [1.82, 2.24) is 20.0 Å². The number of aromatic nitrogens is 2. The molecule has 2 unspecified atom stereocenters. The summed E-state index contributed by atoms with van der Waals surface area (Å²) in [7, 11) is 4.29. The van der Waals surface area contributed by atoms with Gasteiger partial charge in [-0.05, 0) is 55.6 Å². The lowest BCUT2D eigenvalue weighted by atomic mass is 9.98. The first-order valence-electron chi connectivity index (χ1n) is 7.19. The van der Waals surface area contributed by atoms with Crippen molar-refractivity contribution in [2.24, 2.45) is 7.05 Å². The molecule has 0 spiro atoms. The second kappa shape index (κ2) is 6.34. The minimum atomic E-state index is 0. The molecule has 2 atom stereocenters. The molecule has 1 aromatic rings. The summed E-state index contributed by atoms with van der Waals surface area (Å²) in [6.45, 7) is 3.03. The molecule has 114 valence electrons. The molecule has 0 aromatic carbocycles. The molecule has 2 bridgehead atoms. The molecule has 1 N–H and O–H groups in total. The van der Waals surface area contributed by atoms with Crippen LogP contribution in [0.25, 0.3) is 0 Å². The maximum absolute atomic E-state index is 4.48. The predicted octanol–water partition coefficient (Wildman–Crippen LogP) is 2.63. The van der Waals surface area contributed by atoms with Gasteiger partial charge < -0.3 is 5.32 Å². The Hall–Kier alpha value is -0.100. The van der Waals surface area contributed by atoms with Crippen molar-refractivity contribution in [1.29, 1.82) is 0 Å². The Morgan fingerprint density at radius 3 is 2.45 bits per heavy atom. The molecule has 2 saturated heterocycles. The van der Waals surface area contributed by atoms with Crippen molar-refractivity contribution in [2.45, 2.75) is 57.3 Å². The summed E-state index contributed by atoms with van der Waals surface area (Å²) < 4.78 is 3.17. The van der Waals surface area contributed by atoms with Crippen LogP contribution >= 0.6 is 28.3 Å². The highest BCUT2D eigenvalue weighted by Gasteiger charge is 2.35. The number of halogens is 2. The first kappa shape index (κ1) is 16.3. The van der Waals surface area contributed by atoms with Gasteiger partial charge in [0.15, 0.2) is 0 Å². The number of nitrogens with one attached hydrogen (secondary N) is 1. The highest BCUT2D eigenvalue weighted by molar-refractivity contribution is 9.10. The zero-order chi connectivity index (χ0) is 13.6. The molecule has 0 amide bonds. The van der Waals surface area contributed by atoms with E-state index < -0.39 is 0 Å². The number of hydrogen-bond acceptors (Lipinski definition) is 3. The zero-order valence-electron chi connectivity index (χ0n) is 12.4. The van der Waals surface area contributed by atoms with E-state index in [1.165, 1.54) is 35.8 Å². The van der Waals surface area contributed by atoms with Crippen LogP contribution in [0.2, 0.25) is 0 Å². The second-order valence-corrected chi connectivity index (χ2v) is 6.94. The molecule has 4 nitrogen and oxygen atoms in total. The second-order valence-electron chi connectivity index (χ2n) is 6.15. The molecule has 2 fully saturated rings. The minimum Gasteiger partial charge on any atom is -0.311 e. The molecule has 0 saturated carbocycles. The van der Waals surface area contributed by atoms with Gasteiger partial charge in [-0.2, -0.15) is 5.10 Å². The van der Waals surface area contributed by atoms with E-state index in [1.54, 1.807) is 0 Å². The fourth-order valence-electron chi connectivity index (χ4n) is 3.60. The summed E-state index contributed by atoms with van der Waals surface area (Å²) >= 11 is 3.67. The highest BCUT2D eigenvalue weighted by Crippen LogP contribution is 2.30. The maximum atomic E-state index is 4.48. The summed E-state index contributed by atoms with van der Waals surface area (Å²) in [4.78, 5) is 2.51. The van der Waals surface area contributed by atoms with Gasteiger partial charge >= 0.3 is 0 Å². The molecule has 0 radical (unpaired) electrons. The van der Waals surface area contributed by atoms with Crippen molar-refractivity contribution in [3.05, 3.63) is 15.9 Å². The van der Waals surface area contributed by atoms with E-state index in [0.29, 0.717) is 6.04 Å². The zero-order valence-corrected chi connectivity index (χ0v) is 14.8. The van der Waals surface area contributed by atoms with Crippen molar-refractivity contribution in [3.8, 4) is 0 Å². The number of aryl methyl sites for hydroxylation is 2. The summed E-state index contributed by atoms with van der Waals surface area (Å²) in [5.41, 5.74) is 2.36. The topological polar surface area (TPSA) is 33.1 Å². The Morgan fingerprint density at radius 1 is 1.35 bits per heavy atom. The number of nitrogens with zero attached hydrogens (tertiary/aromatic N) is 3. The van der Waals surface area contributed by atoms with E-state index in [4.69, 9.17) is 0 Å². The fourth-order valence-corrected chi connectivity index (χ4v) is 4.07. The Kier molecular flexibility index (Phi) is 5.16. The first-order valence-corrected chi connectivity index (χ1v) is 7.98. The smallest absolute Gasteiger partial charge is 0.0739 e. The molecular formula is C14H24BrClN4. The van der Waals surface area contributed by atoms with Gasteiger partial charge in [0.05, 0.1) is 15.9 Å². The summed E-state index contributed by atoms with van der Waals surface area (Å²) in [6, 6.07) is 2.21. The summed E-state index contributed by atoms with van der Waals surface area (Å²) in [5, 5.41) is 8.19. The lowest BCUT2D eigenvalue weighted by Crippen LogP contribution is -2.46. The fraction of sp³-hybridized carbons (Fsp3) is 0.786. The largest absolute Gasteiger partial charge is 0.311 e. The van der Waals surface area contributed by atoms with E-state index in [0.717, 1.165) is 24.3 Å². The van der Waals surface area contributed by atoms with Gasteiger partial charge in [0.1, 0.15) is 0 Å². The molecule has 3 rings (SSSR count). The van der Waals surface area contributed by atoms with E-state index >= 15 is 0 Å². The lowest BCUT2D eigenvalue weighted by Gasteiger charge is -2.35. The monoisotopic (exact) mass is 362 g/mol. The lowest BCUT2D eigenvalue weighted by molar-refractivity contribution is 0.162. The maximum Gasteiger partial charge on any atom is 0.0739 e. The molecule has 3 heterocycles. The van der Waals surface area contributed by atoms with Gasteiger partial charge in [-0.3, -0.25) is 9.58 Å².